The second-order valence-corrected chi connectivity index (χ2v) is 3.53. The third-order valence-electron chi connectivity index (χ3n) is 1.55. The Kier molecular flexibility index (Phi) is 5.79. The van der Waals surface area contributed by atoms with Crippen LogP contribution in [0.15, 0.2) is 18.9 Å². The molecule has 0 unspecified atom stereocenters. The number of nitrogens with zero attached hydrogens (tertiary/aromatic N) is 1. The molecule has 1 aromatic rings. The molecule has 1 heterocycles. The van der Waals surface area contributed by atoms with Crippen molar-refractivity contribution in [1.82, 2.24) is 4.98 Å². The average Bonchev–Trinajstić information content (AvgIpc) is 2.12. The van der Waals surface area contributed by atoms with Crippen LogP contribution in [0.3, 0.4) is 0 Å². The van der Waals surface area contributed by atoms with E-state index in [0.29, 0.717) is 10.6 Å². The van der Waals surface area contributed by atoms with E-state index in [-0.39, 0.29) is 22.6 Å². The molecule has 2 N–H and O–H groups in total. The Balaban J connectivity index is 0.00000169. The van der Waals surface area contributed by atoms with Gasteiger partial charge in [-0.25, -0.2) is 4.98 Å². The molecule has 0 bridgehead atoms. The van der Waals surface area contributed by atoms with Crippen LogP contribution in [-0.4, -0.2) is 4.98 Å². The summed E-state index contributed by atoms with van der Waals surface area (Å²) in [6.45, 7) is 3.54. The van der Waals surface area contributed by atoms with Gasteiger partial charge in [-0.1, -0.05) is 40.9 Å². The van der Waals surface area contributed by atoms with Crippen LogP contribution in [-0.2, 0) is 0 Å². The quantitative estimate of drug-likeness (QED) is 0.660. The molecule has 0 spiro atoms. The zero-order valence-corrected chi connectivity index (χ0v) is 10.1. The van der Waals surface area contributed by atoms with Crippen LogP contribution in [0.5, 0.6) is 0 Å². The fourth-order valence-corrected chi connectivity index (χ4v) is 1.62. The molecule has 0 aliphatic carbocycles. The molecule has 6 heteroatoms. The van der Waals surface area contributed by atoms with Gasteiger partial charge >= 0.3 is 0 Å². The monoisotopic (exact) mass is 272 g/mol. The van der Waals surface area contributed by atoms with Crippen molar-refractivity contribution in [2.75, 3.05) is 0 Å². The highest BCUT2D eigenvalue weighted by molar-refractivity contribution is 6.43. The highest BCUT2D eigenvalue weighted by Gasteiger charge is 2.14. The van der Waals surface area contributed by atoms with Crippen LogP contribution in [0.2, 0.25) is 15.2 Å². The molecule has 0 aromatic carbocycles. The van der Waals surface area contributed by atoms with Gasteiger partial charge in [-0.05, 0) is 0 Å². The smallest absolute Gasteiger partial charge is 0.148 e. The van der Waals surface area contributed by atoms with Crippen LogP contribution < -0.4 is 5.73 Å². The molecular formula is C8H8Cl4N2. The van der Waals surface area contributed by atoms with Gasteiger partial charge in [-0.15, -0.1) is 19.0 Å². The van der Waals surface area contributed by atoms with E-state index in [9.17, 15) is 0 Å². The molecule has 0 aliphatic heterocycles. The van der Waals surface area contributed by atoms with Crippen molar-refractivity contribution in [3.8, 4) is 0 Å². The fourth-order valence-electron chi connectivity index (χ4n) is 0.879. The van der Waals surface area contributed by atoms with Crippen LogP contribution in [0, 0.1) is 0 Å². The number of aromatic nitrogens is 1. The minimum atomic E-state index is -0.430. The van der Waals surface area contributed by atoms with Gasteiger partial charge in [-0.2, -0.15) is 0 Å². The molecule has 2 nitrogen and oxygen atoms in total. The first-order valence-electron chi connectivity index (χ1n) is 3.45. The van der Waals surface area contributed by atoms with E-state index in [1.54, 1.807) is 0 Å². The second-order valence-electron chi connectivity index (χ2n) is 2.39. The van der Waals surface area contributed by atoms with Gasteiger partial charge in [-0.3, -0.25) is 0 Å². The maximum absolute atomic E-state index is 5.87. The zero-order chi connectivity index (χ0) is 10.0. The third kappa shape index (κ3) is 2.75. The summed E-state index contributed by atoms with van der Waals surface area (Å²) >= 11 is 17.4. The van der Waals surface area contributed by atoms with E-state index in [4.69, 9.17) is 40.5 Å². The zero-order valence-electron chi connectivity index (χ0n) is 7.01. The minimum absolute atomic E-state index is 0. The van der Waals surface area contributed by atoms with Crippen LogP contribution >= 0.6 is 47.2 Å². The highest BCUT2D eigenvalue weighted by atomic mass is 35.5. The van der Waals surface area contributed by atoms with Crippen molar-refractivity contribution >= 4 is 47.2 Å². The molecule has 1 aromatic heterocycles. The van der Waals surface area contributed by atoms with Gasteiger partial charge in [0.2, 0.25) is 0 Å². The van der Waals surface area contributed by atoms with E-state index in [2.05, 4.69) is 11.6 Å². The lowest BCUT2D eigenvalue weighted by molar-refractivity contribution is 0.910. The second kappa shape index (κ2) is 5.79. The summed E-state index contributed by atoms with van der Waals surface area (Å²) in [4.78, 5) is 3.77. The van der Waals surface area contributed by atoms with Gasteiger partial charge in [0.15, 0.2) is 0 Å². The van der Waals surface area contributed by atoms with Gasteiger partial charge in [0, 0.05) is 11.8 Å². The molecule has 0 amide bonds. The summed E-state index contributed by atoms with van der Waals surface area (Å²) in [5.74, 6) is 0. The Bertz CT molecular complexity index is 340. The SMILES string of the molecule is C=C[C@@H](N)c1c(Cl)cnc(Cl)c1Cl.Cl. The standard InChI is InChI=1S/C8H7Cl3N2.ClH/c1-2-5(12)6-4(9)3-13-8(11)7(6)10;/h2-3,5H,1,12H2;1H/t5-;/m1./s1. The maximum atomic E-state index is 5.87. The molecule has 0 saturated carbocycles. The Labute approximate surface area is 103 Å². The van der Waals surface area contributed by atoms with E-state index in [0.717, 1.165) is 0 Å². The summed E-state index contributed by atoms with van der Waals surface area (Å²) in [6.07, 6.45) is 2.94. The van der Waals surface area contributed by atoms with Gasteiger partial charge < -0.3 is 5.73 Å². The molecule has 1 rings (SSSR count). The van der Waals surface area contributed by atoms with Crippen LogP contribution in [0.25, 0.3) is 0 Å². The average molecular weight is 274 g/mol. The summed E-state index contributed by atoms with van der Waals surface area (Å²) in [5.41, 5.74) is 6.25. The lowest BCUT2D eigenvalue weighted by Gasteiger charge is -2.11. The molecule has 0 saturated heterocycles. The lowest BCUT2D eigenvalue weighted by Crippen LogP contribution is -2.08. The number of pyridine rings is 1. The first-order valence-corrected chi connectivity index (χ1v) is 4.58. The first kappa shape index (κ1) is 14.0. The summed E-state index contributed by atoms with van der Waals surface area (Å²) in [7, 11) is 0. The summed E-state index contributed by atoms with van der Waals surface area (Å²) in [6, 6.07) is -0.430. The highest BCUT2D eigenvalue weighted by Crippen LogP contribution is 2.33. The predicted octanol–water partition coefficient (Wildman–Crippen LogP) is 3.65. The number of halogens is 4. The van der Waals surface area contributed by atoms with E-state index >= 15 is 0 Å². The molecule has 0 aliphatic rings. The summed E-state index contributed by atoms with van der Waals surface area (Å²) < 4.78 is 0. The van der Waals surface area contributed by atoms with Gasteiger partial charge in [0.25, 0.3) is 0 Å². The van der Waals surface area contributed by atoms with Crippen molar-refractivity contribution in [1.29, 1.82) is 0 Å². The largest absolute Gasteiger partial charge is 0.321 e. The number of hydrogen-bond acceptors (Lipinski definition) is 2. The Hall–Kier alpha value is 0.01000. The Morgan fingerprint density at radius 3 is 2.50 bits per heavy atom. The van der Waals surface area contributed by atoms with Crippen molar-refractivity contribution in [2.24, 2.45) is 5.73 Å². The lowest BCUT2D eigenvalue weighted by atomic mass is 10.1. The molecular weight excluding hydrogens is 266 g/mol. The van der Waals surface area contributed by atoms with Gasteiger partial charge in [0.1, 0.15) is 5.15 Å². The van der Waals surface area contributed by atoms with Crippen LogP contribution in [0.1, 0.15) is 11.6 Å². The van der Waals surface area contributed by atoms with Crippen molar-refractivity contribution in [3.63, 3.8) is 0 Å². The first-order chi connectivity index (χ1) is 6.07. The van der Waals surface area contributed by atoms with Crippen LogP contribution in [0.4, 0.5) is 0 Å². The topological polar surface area (TPSA) is 38.9 Å². The Morgan fingerprint density at radius 1 is 1.43 bits per heavy atom. The Morgan fingerprint density at radius 2 is 2.00 bits per heavy atom. The van der Waals surface area contributed by atoms with Gasteiger partial charge in [0.05, 0.1) is 16.1 Å². The van der Waals surface area contributed by atoms with Crippen molar-refractivity contribution in [3.05, 3.63) is 39.6 Å². The molecule has 78 valence electrons. The molecule has 1 atom stereocenters. The molecule has 0 fully saturated rings. The summed E-state index contributed by atoms with van der Waals surface area (Å²) in [5, 5.41) is 0.863. The van der Waals surface area contributed by atoms with E-state index < -0.39 is 6.04 Å². The minimum Gasteiger partial charge on any atom is -0.321 e. The number of rotatable bonds is 2. The van der Waals surface area contributed by atoms with Crippen molar-refractivity contribution < 1.29 is 0 Å². The number of hydrogen-bond donors (Lipinski definition) is 1. The molecule has 0 radical (unpaired) electrons. The van der Waals surface area contributed by atoms with E-state index in [1.807, 2.05) is 0 Å². The number of nitrogens with two attached hydrogens (primary N) is 1. The predicted molar refractivity (Wildman–Crippen MR) is 63.6 cm³/mol. The third-order valence-corrected chi connectivity index (χ3v) is 2.62. The molecule has 14 heavy (non-hydrogen) atoms. The maximum Gasteiger partial charge on any atom is 0.148 e. The van der Waals surface area contributed by atoms with Crippen molar-refractivity contribution in [2.45, 2.75) is 6.04 Å². The van der Waals surface area contributed by atoms with E-state index in [1.165, 1.54) is 12.3 Å². The fraction of sp³-hybridized carbons (Fsp3) is 0.125. The normalized spacial score (nSPS) is 11.7.